The Morgan fingerprint density at radius 3 is 2.19 bits per heavy atom. The number of rotatable bonds is 13. The third-order valence-electron chi connectivity index (χ3n) is 13.8. The molecule has 2 amide bonds. The molecule has 0 unspecified atom stereocenters. The molecule has 58 heavy (non-hydrogen) atoms. The maximum Gasteiger partial charge on any atom is 0.260 e. The van der Waals surface area contributed by atoms with Crippen LogP contribution in [0.1, 0.15) is 108 Å². The molecule has 7 aliphatic rings. The molecule has 5 aliphatic heterocycles. The third kappa shape index (κ3) is 7.20. The van der Waals surface area contributed by atoms with Gasteiger partial charge in [0.15, 0.2) is 23.0 Å². The summed E-state index contributed by atoms with van der Waals surface area (Å²) in [5.41, 5.74) is 6.71. The first kappa shape index (κ1) is 37.3. The van der Waals surface area contributed by atoms with Crippen LogP contribution in [0.3, 0.4) is 0 Å². The molecule has 11 nitrogen and oxygen atoms in total. The minimum absolute atomic E-state index is 0.0251. The van der Waals surface area contributed by atoms with E-state index < -0.39 is 0 Å². The Morgan fingerprint density at radius 2 is 1.50 bits per heavy atom. The number of carbonyl (C=O) groups is 2. The van der Waals surface area contributed by atoms with Gasteiger partial charge in [-0.15, -0.1) is 0 Å². The smallest absolute Gasteiger partial charge is 0.260 e. The van der Waals surface area contributed by atoms with Gasteiger partial charge in [0.1, 0.15) is 0 Å². The van der Waals surface area contributed by atoms with E-state index in [0.29, 0.717) is 70.9 Å². The van der Waals surface area contributed by atoms with Gasteiger partial charge in [0.25, 0.3) is 11.8 Å². The fraction of sp³-hybridized carbons (Fsp3) is 0.511. The lowest BCUT2D eigenvalue weighted by Gasteiger charge is -2.32. The summed E-state index contributed by atoms with van der Waals surface area (Å²) < 4.78 is 23.8. The molecule has 2 atom stereocenters. The number of hydrogen-bond acceptors (Lipinski definition) is 9. The number of benzene rings is 3. The summed E-state index contributed by atoms with van der Waals surface area (Å²) in [5.74, 6) is 2.94. The number of nitrogens with one attached hydrogen (secondary N) is 1. The summed E-state index contributed by atoms with van der Waals surface area (Å²) in [6.07, 6.45) is 16.0. The second-order valence-corrected chi connectivity index (χ2v) is 17.6. The Bertz CT molecular complexity index is 2130. The highest BCUT2D eigenvalue weighted by atomic mass is 16.5. The molecule has 1 spiro atoms. The number of likely N-dealkylation sites (tertiary alicyclic amines) is 1. The first-order valence-corrected chi connectivity index (χ1v) is 21.5. The van der Waals surface area contributed by atoms with Crippen molar-refractivity contribution in [2.24, 2.45) is 10.4 Å². The van der Waals surface area contributed by atoms with Gasteiger partial charge in [0.05, 0.1) is 62.0 Å². The lowest BCUT2D eigenvalue weighted by Crippen LogP contribution is -2.35. The standard InChI is InChI=1S/C47H55N5O6/c1-55-41-21-37-39(48-26-35-20-33(28-51(35)45(37)53)31-8-6-30(7-9-31)32-12-16-50(17-13-32)34-10-11-34)23-43(41)57-18-4-3-5-19-58-44-24-40-38(22-42(44)56-2)46(54)52-29-47(14-15-47)25-36(52)27-49-40/h6-9,21-24,27-28,32,34-36,48H,3-5,10-20,25-26,29H2,1-2H3/t35-,36-/m0/s1. The molecular formula is C47H55N5O6. The predicted molar refractivity (Wildman–Crippen MR) is 224 cm³/mol. The Labute approximate surface area is 341 Å². The van der Waals surface area contributed by atoms with Crippen molar-refractivity contribution in [3.63, 3.8) is 0 Å². The molecule has 1 N–H and O–H groups in total. The molecule has 3 aromatic rings. The largest absolute Gasteiger partial charge is 0.493 e. The Kier molecular flexibility index (Phi) is 9.82. The topological polar surface area (TPSA) is 105 Å². The molecule has 11 heteroatoms. The molecule has 0 radical (unpaired) electrons. The van der Waals surface area contributed by atoms with Crippen LogP contribution in [0.2, 0.25) is 0 Å². The molecule has 4 fully saturated rings. The molecule has 2 aliphatic carbocycles. The Hall–Kier alpha value is -5.03. The summed E-state index contributed by atoms with van der Waals surface area (Å²) in [5, 5.41) is 3.55. The van der Waals surface area contributed by atoms with Crippen molar-refractivity contribution in [1.82, 2.24) is 14.7 Å². The summed E-state index contributed by atoms with van der Waals surface area (Å²) >= 11 is 0. The van der Waals surface area contributed by atoms with Gasteiger partial charge in [-0.1, -0.05) is 24.3 Å². The zero-order valence-electron chi connectivity index (χ0n) is 33.8. The second-order valence-electron chi connectivity index (χ2n) is 17.6. The number of methoxy groups -OCH3 is 2. The van der Waals surface area contributed by atoms with Gasteiger partial charge in [-0.25, -0.2) is 0 Å². The molecule has 0 aromatic heterocycles. The second kappa shape index (κ2) is 15.3. The van der Waals surface area contributed by atoms with Crippen molar-refractivity contribution in [2.75, 3.05) is 58.9 Å². The van der Waals surface area contributed by atoms with E-state index in [9.17, 15) is 9.59 Å². The average molecular weight is 786 g/mol. The van der Waals surface area contributed by atoms with Crippen LogP contribution >= 0.6 is 0 Å². The van der Waals surface area contributed by atoms with E-state index >= 15 is 0 Å². The van der Waals surface area contributed by atoms with Crippen LogP contribution in [0, 0.1) is 5.41 Å². The van der Waals surface area contributed by atoms with Crippen LogP contribution in [-0.4, -0.2) is 104 Å². The third-order valence-corrected chi connectivity index (χ3v) is 13.8. The van der Waals surface area contributed by atoms with Gasteiger partial charge in [0, 0.05) is 43.7 Å². The quantitative estimate of drug-likeness (QED) is 0.174. The minimum atomic E-state index is -0.0276. The van der Waals surface area contributed by atoms with E-state index in [1.54, 1.807) is 20.3 Å². The van der Waals surface area contributed by atoms with E-state index in [1.807, 2.05) is 34.2 Å². The number of nitrogens with zero attached hydrogens (tertiary/aromatic N) is 4. The number of fused-ring (bicyclic) bond motifs is 4. The summed E-state index contributed by atoms with van der Waals surface area (Å²) in [6, 6.07) is 17.4. The monoisotopic (exact) mass is 785 g/mol. The number of unbranched alkanes of at least 4 members (excludes halogenated alkanes) is 2. The highest BCUT2D eigenvalue weighted by Crippen LogP contribution is 2.55. The zero-order valence-corrected chi connectivity index (χ0v) is 33.8. The van der Waals surface area contributed by atoms with Crippen molar-refractivity contribution >= 4 is 35.0 Å². The number of hydrogen-bond donors (Lipinski definition) is 1. The number of anilines is 1. The van der Waals surface area contributed by atoms with Gasteiger partial charge >= 0.3 is 0 Å². The highest BCUT2D eigenvalue weighted by molar-refractivity contribution is 6.04. The predicted octanol–water partition coefficient (Wildman–Crippen LogP) is 8.07. The van der Waals surface area contributed by atoms with Crippen LogP contribution in [0.25, 0.3) is 5.57 Å². The van der Waals surface area contributed by atoms with Crippen LogP contribution in [0.15, 0.2) is 59.7 Å². The van der Waals surface area contributed by atoms with E-state index in [4.69, 9.17) is 23.9 Å². The molecule has 3 aromatic carbocycles. The van der Waals surface area contributed by atoms with E-state index in [2.05, 4.69) is 40.7 Å². The van der Waals surface area contributed by atoms with E-state index in [1.165, 1.54) is 68.3 Å². The van der Waals surface area contributed by atoms with E-state index in [0.717, 1.165) is 50.4 Å². The van der Waals surface area contributed by atoms with E-state index in [-0.39, 0.29) is 23.9 Å². The molecule has 2 saturated carbocycles. The molecule has 0 bridgehead atoms. The Morgan fingerprint density at radius 1 is 0.793 bits per heavy atom. The van der Waals surface area contributed by atoms with Crippen LogP contribution in [-0.2, 0) is 0 Å². The lowest BCUT2D eigenvalue weighted by molar-refractivity contribution is 0.0765. The maximum atomic E-state index is 14.0. The molecule has 5 heterocycles. The first-order chi connectivity index (χ1) is 28.4. The molecule has 10 rings (SSSR count). The van der Waals surface area contributed by atoms with Gasteiger partial charge in [0.2, 0.25) is 0 Å². The van der Waals surface area contributed by atoms with Gasteiger partial charge < -0.3 is 39.0 Å². The van der Waals surface area contributed by atoms with Crippen LogP contribution in [0.5, 0.6) is 23.0 Å². The fourth-order valence-corrected chi connectivity index (χ4v) is 9.95. The lowest BCUT2D eigenvalue weighted by atomic mass is 9.88. The van der Waals surface area contributed by atoms with Crippen LogP contribution < -0.4 is 24.3 Å². The van der Waals surface area contributed by atoms with Crippen molar-refractivity contribution in [3.8, 4) is 23.0 Å². The molecular weight excluding hydrogens is 731 g/mol. The number of ether oxygens (including phenoxy) is 4. The van der Waals surface area contributed by atoms with Crippen molar-refractivity contribution in [2.45, 2.75) is 94.7 Å². The minimum Gasteiger partial charge on any atom is -0.493 e. The maximum absolute atomic E-state index is 14.0. The van der Waals surface area contributed by atoms with Crippen molar-refractivity contribution in [1.29, 1.82) is 0 Å². The zero-order chi connectivity index (χ0) is 39.4. The van der Waals surface area contributed by atoms with Gasteiger partial charge in [-0.3, -0.25) is 14.6 Å². The average Bonchev–Trinajstić information content (AvgIpc) is 4.18. The fourth-order valence-electron chi connectivity index (χ4n) is 9.95. The number of carbonyl (C=O) groups excluding carboxylic acids is 2. The SMILES string of the molecule is COc1cc2c(cc1OCCCCCOc1cc3c(cc1OC)C(=O)N1C=C(c4ccc(C5CCN(C6CC6)CC5)cc4)C[C@H]1CN3)N=C[C@@H]1CC3(CC3)CN1C2=O. The summed E-state index contributed by atoms with van der Waals surface area (Å²) in [6.45, 7) is 4.91. The van der Waals surface area contributed by atoms with Gasteiger partial charge in [-0.05, 0) is 124 Å². The van der Waals surface area contributed by atoms with Crippen LogP contribution in [0.4, 0.5) is 11.4 Å². The number of aliphatic imine (C=N–C) groups is 1. The van der Waals surface area contributed by atoms with Gasteiger partial charge in [-0.2, -0.15) is 0 Å². The number of amides is 2. The summed E-state index contributed by atoms with van der Waals surface area (Å²) in [7, 11) is 3.22. The van der Waals surface area contributed by atoms with Crippen molar-refractivity contribution < 1.29 is 28.5 Å². The normalized spacial score (nSPS) is 23.3. The number of piperidine rings is 1. The molecule has 2 saturated heterocycles. The summed E-state index contributed by atoms with van der Waals surface area (Å²) in [4.78, 5) is 38.8. The van der Waals surface area contributed by atoms with Crippen molar-refractivity contribution in [3.05, 3.63) is 77.0 Å². The first-order valence-electron chi connectivity index (χ1n) is 21.5. The highest BCUT2D eigenvalue weighted by Gasteiger charge is 2.53. The molecule has 304 valence electrons. The Balaban J connectivity index is 0.717.